The van der Waals surface area contributed by atoms with Gasteiger partial charge in [-0.2, -0.15) is 4.31 Å². The highest BCUT2D eigenvalue weighted by Gasteiger charge is 2.31. The molecule has 0 saturated carbocycles. The number of para-hydroxylation sites is 1. The van der Waals surface area contributed by atoms with Gasteiger partial charge in [-0.15, -0.1) is 0 Å². The van der Waals surface area contributed by atoms with Crippen molar-refractivity contribution >= 4 is 21.8 Å². The van der Waals surface area contributed by atoms with Crippen molar-refractivity contribution in [2.24, 2.45) is 11.8 Å². The fourth-order valence-corrected chi connectivity index (χ4v) is 7.03. The highest BCUT2D eigenvalue weighted by Crippen LogP contribution is 2.30. The molecule has 1 aliphatic heterocycles. The van der Waals surface area contributed by atoms with Gasteiger partial charge in [0.05, 0.1) is 4.90 Å². The van der Waals surface area contributed by atoms with Gasteiger partial charge in [-0.25, -0.2) is 8.42 Å². The van der Waals surface area contributed by atoms with Crippen LogP contribution in [0.5, 0.6) is 5.75 Å². The summed E-state index contributed by atoms with van der Waals surface area (Å²) >= 11 is 0. The van der Waals surface area contributed by atoms with Crippen molar-refractivity contribution in [3.63, 3.8) is 0 Å². The lowest BCUT2D eigenvalue weighted by atomic mass is 9.94. The molecular weight excluding hydrogens is 562 g/mol. The lowest BCUT2D eigenvalue weighted by molar-refractivity contribution is 0.0846. The second kappa shape index (κ2) is 13.2. The molecule has 5 rings (SSSR count). The average molecular weight is 598 g/mol. The number of piperidine rings is 1. The van der Waals surface area contributed by atoms with Gasteiger partial charge < -0.3 is 4.74 Å². The van der Waals surface area contributed by atoms with Crippen molar-refractivity contribution in [3.8, 4) is 16.9 Å². The Balaban J connectivity index is 1.14. The molecule has 0 aliphatic carbocycles. The van der Waals surface area contributed by atoms with E-state index in [1.54, 1.807) is 24.3 Å². The number of carbonyl (C=O) groups is 2. The fraction of sp³-hybridized carbons (Fsp3) is 0.235. The Morgan fingerprint density at radius 3 is 1.88 bits per heavy atom. The summed E-state index contributed by atoms with van der Waals surface area (Å²) in [7, 11) is -3.65. The molecule has 4 aromatic carbocycles. The zero-order valence-electron chi connectivity index (χ0n) is 24.2. The summed E-state index contributed by atoms with van der Waals surface area (Å²) in [6.07, 6.45) is 1.000. The SMILES string of the molecule is C[C@@H]1C[C@H](C)CN(S(=O)(=O)c2ccc(C(=O)NNC(=O)c3ccc(COc4ccccc4-c4ccccc4)cc3)cc2)C1. The molecule has 0 unspecified atom stereocenters. The van der Waals surface area contributed by atoms with E-state index in [0.717, 1.165) is 28.9 Å². The van der Waals surface area contributed by atoms with Crippen LogP contribution >= 0.6 is 0 Å². The number of rotatable bonds is 8. The Morgan fingerprint density at radius 2 is 1.28 bits per heavy atom. The molecule has 8 nitrogen and oxygen atoms in total. The van der Waals surface area contributed by atoms with Gasteiger partial charge in [-0.3, -0.25) is 20.4 Å². The van der Waals surface area contributed by atoms with Crippen LogP contribution in [0.1, 0.15) is 46.5 Å². The third kappa shape index (κ3) is 7.31. The maximum Gasteiger partial charge on any atom is 0.269 e. The summed E-state index contributed by atoms with van der Waals surface area (Å²) in [6.45, 7) is 5.39. The summed E-state index contributed by atoms with van der Waals surface area (Å²) in [4.78, 5) is 25.4. The number of nitrogens with one attached hydrogen (secondary N) is 2. The van der Waals surface area contributed by atoms with Gasteiger partial charge in [0.1, 0.15) is 12.4 Å². The van der Waals surface area contributed by atoms with E-state index in [1.165, 1.54) is 28.6 Å². The Labute approximate surface area is 252 Å². The van der Waals surface area contributed by atoms with Crippen LogP contribution < -0.4 is 15.6 Å². The molecule has 0 radical (unpaired) electrons. The zero-order valence-corrected chi connectivity index (χ0v) is 25.0. The molecule has 0 aromatic heterocycles. The van der Waals surface area contributed by atoms with Crippen molar-refractivity contribution in [2.75, 3.05) is 13.1 Å². The molecule has 2 atom stereocenters. The van der Waals surface area contributed by atoms with E-state index < -0.39 is 21.8 Å². The molecule has 9 heteroatoms. The average Bonchev–Trinajstić information content (AvgIpc) is 3.03. The van der Waals surface area contributed by atoms with E-state index in [2.05, 4.69) is 24.7 Å². The van der Waals surface area contributed by atoms with Crippen LogP contribution in [0.25, 0.3) is 11.1 Å². The minimum absolute atomic E-state index is 0.141. The van der Waals surface area contributed by atoms with Gasteiger partial charge >= 0.3 is 0 Å². The van der Waals surface area contributed by atoms with Crippen molar-refractivity contribution in [2.45, 2.75) is 31.8 Å². The molecule has 2 amide bonds. The third-order valence-electron chi connectivity index (χ3n) is 7.46. The number of ether oxygens (including phenoxy) is 1. The second-order valence-corrected chi connectivity index (χ2v) is 13.0. The quantitative estimate of drug-likeness (QED) is 0.255. The lowest BCUT2D eigenvalue weighted by Crippen LogP contribution is -2.42. The standard InChI is InChI=1S/C34H35N3O5S/c1-24-20-25(2)22-37(21-24)43(40,41)30-18-16-29(17-19-30)34(39)36-35-33(38)28-14-12-26(13-15-28)23-42-32-11-7-6-10-31(32)27-8-4-3-5-9-27/h3-19,24-25H,20-23H2,1-2H3,(H,35,38)(H,36,39)/t24-,25+. The minimum Gasteiger partial charge on any atom is -0.488 e. The monoisotopic (exact) mass is 597 g/mol. The van der Waals surface area contributed by atoms with Crippen LogP contribution in [-0.4, -0.2) is 37.6 Å². The Kier molecular flexibility index (Phi) is 9.23. The summed E-state index contributed by atoms with van der Waals surface area (Å²) in [5.41, 5.74) is 8.33. The molecule has 2 N–H and O–H groups in total. The first kappa shape index (κ1) is 30.0. The smallest absolute Gasteiger partial charge is 0.269 e. The molecule has 1 saturated heterocycles. The largest absolute Gasteiger partial charge is 0.488 e. The first-order valence-electron chi connectivity index (χ1n) is 14.3. The predicted octanol–water partition coefficient (Wildman–Crippen LogP) is 5.67. The van der Waals surface area contributed by atoms with Crippen molar-refractivity contribution < 1.29 is 22.7 Å². The van der Waals surface area contributed by atoms with Crippen LogP contribution in [0.3, 0.4) is 0 Å². The minimum atomic E-state index is -3.65. The number of sulfonamides is 1. The van der Waals surface area contributed by atoms with Gasteiger partial charge in [-0.1, -0.05) is 74.5 Å². The fourth-order valence-electron chi connectivity index (χ4n) is 5.35. The van der Waals surface area contributed by atoms with Gasteiger partial charge in [0.15, 0.2) is 0 Å². The van der Waals surface area contributed by atoms with E-state index >= 15 is 0 Å². The number of nitrogens with zero attached hydrogens (tertiary/aromatic N) is 1. The molecule has 0 spiro atoms. The van der Waals surface area contributed by atoms with Crippen LogP contribution in [0, 0.1) is 11.8 Å². The van der Waals surface area contributed by atoms with Crippen LogP contribution in [-0.2, 0) is 16.6 Å². The van der Waals surface area contributed by atoms with Gasteiger partial charge in [0.2, 0.25) is 10.0 Å². The molecule has 1 fully saturated rings. The predicted molar refractivity (Wildman–Crippen MR) is 166 cm³/mol. The van der Waals surface area contributed by atoms with Gasteiger partial charge in [0.25, 0.3) is 11.8 Å². The second-order valence-electron chi connectivity index (χ2n) is 11.0. The topological polar surface area (TPSA) is 105 Å². The van der Waals surface area contributed by atoms with Crippen LogP contribution in [0.4, 0.5) is 0 Å². The van der Waals surface area contributed by atoms with E-state index in [0.29, 0.717) is 37.1 Å². The number of benzene rings is 4. The molecule has 1 aliphatic rings. The number of amides is 2. The zero-order chi connectivity index (χ0) is 30.4. The molecular formula is C34H35N3O5S. The summed E-state index contributed by atoms with van der Waals surface area (Å²) in [5.74, 6) is 0.306. The van der Waals surface area contributed by atoms with Gasteiger partial charge in [-0.05, 0) is 71.8 Å². The van der Waals surface area contributed by atoms with Crippen LogP contribution in [0.15, 0.2) is 108 Å². The molecule has 1 heterocycles. The maximum absolute atomic E-state index is 13.1. The molecule has 4 aromatic rings. The van der Waals surface area contributed by atoms with E-state index in [-0.39, 0.29) is 10.5 Å². The molecule has 222 valence electrons. The van der Waals surface area contributed by atoms with E-state index in [4.69, 9.17) is 4.74 Å². The van der Waals surface area contributed by atoms with Crippen LogP contribution in [0.2, 0.25) is 0 Å². The lowest BCUT2D eigenvalue weighted by Gasteiger charge is -2.34. The van der Waals surface area contributed by atoms with Gasteiger partial charge in [0, 0.05) is 29.8 Å². The molecule has 43 heavy (non-hydrogen) atoms. The van der Waals surface area contributed by atoms with E-state index in [1.807, 2.05) is 54.6 Å². The Morgan fingerprint density at radius 1 is 0.744 bits per heavy atom. The number of hydrogen-bond donors (Lipinski definition) is 2. The highest BCUT2D eigenvalue weighted by atomic mass is 32.2. The van der Waals surface area contributed by atoms with Crippen molar-refractivity contribution in [1.82, 2.24) is 15.2 Å². The Hall–Kier alpha value is -4.47. The number of hydrazine groups is 1. The third-order valence-corrected chi connectivity index (χ3v) is 9.31. The summed E-state index contributed by atoms with van der Waals surface area (Å²) < 4.78 is 33.8. The van der Waals surface area contributed by atoms with E-state index in [9.17, 15) is 18.0 Å². The Bertz CT molecular complexity index is 1660. The van der Waals surface area contributed by atoms with Crippen molar-refractivity contribution in [1.29, 1.82) is 0 Å². The first-order chi connectivity index (χ1) is 20.7. The summed E-state index contributed by atoms with van der Waals surface area (Å²) in [5, 5.41) is 0. The highest BCUT2D eigenvalue weighted by molar-refractivity contribution is 7.89. The number of hydrogen-bond acceptors (Lipinski definition) is 5. The normalized spacial score (nSPS) is 17.2. The number of carbonyl (C=O) groups excluding carboxylic acids is 2. The summed E-state index contributed by atoms with van der Waals surface area (Å²) in [6, 6.07) is 30.5. The first-order valence-corrected chi connectivity index (χ1v) is 15.7. The van der Waals surface area contributed by atoms with Crippen molar-refractivity contribution in [3.05, 3.63) is 120 Å². The maximum atomic E-state index is 13.1. The molecule has 0 bridgehead atoms.